The summed E-state index contributed by atoms with van der Waals surface area (Å²) in [6, 6.07) is 8.44. The Hall–Kier alpha value is -2.73. The van der Waals surface area contributed by atoms with Crippen LogP contribution >= 0.6 is 0 Å². The second kappa shape index (κ2) is 6.21. The van der Waals surface area contributed by atoms with Gasteiger partial charge in [-0.2, -0.15) is 0 Å². The Labute approximate surface area is 151 Å². The van der Waals surface area contributed by atoms with Crippen molar-refractivity contribution in [1.82, 2.24) is 0 Å². The van der Waals surface area contributed by atoms with Crippen molar-refractivity contribution in [2.24, 2.45) is 0 Å². The van der Waals surface area contributed by atoms with Gasteiger partial charge in [0.2, 0.25) is 6.79 Å². The molecule has 5 rings (SSSR count). The molecule has 0 atom stereocenters. The molecule has 2 aromatic rings. The van der Waals surface area contributed by atoms with Crippen LogP contribution in [0, 0.1) is 0 Å². The molecule has 0 saturated carbocycles. The minimum Gasteiger partial charge on any atom is -0.870 e. The third-order valence-corrected chi connectivity index (χ3v) is 5.39. The van der Waals surface area contributed by atoms with Gasteiger partial charge in [-0.1, -0.05) is 6.07 Å². The number of ether oxygens (including phenoxy) is 4. The summed E-state index contributed by atoms with van der Waals surface area (Å²) >= 11 is 0. The van der Waals surface area contributed by atoms with E-state index in [9.17, 15) is 0 Å². The second-order valence-electron chi connectivity index (χ2n) is 6.60. The lowest BCUT2D eigenvalue weighted by atomic mass is 9.87. The van der Waals surface area contributed by atoms with Crippen molar-refractivity contribution in [2.45, 2.75) is 19.4 Å². The molecule has 6 nitrogen and oxygen atoms in total. The fourth-order valence-corrected chi connectivity index (χ4v) is 4.14. The zero-order valence-electron chi connectivity index (χ0n) is 14.9. The van der Waals surface area contributed by atoms with Gasteiger partial charge in [-0.05, 0) is 29.3 Å². The second-order valence-corrected chi connectivity index (χ2v) is 6.60. The van der Waals surface area contributed by atoms with Gasteiger partial charge in [0.25, 0.3) is 0 Å². The van der Waals surface area contributed by atoms with E-state index in [1.165, 1.54) is 28.0 Å². The molecule has 0 unspecified atom stereocenters. The minimum atomic E-state index is 0. The van der Waals surface area contributed by atoms with Crippen molar-refractivity contribution < 1.29 is 29.0 Å². The van der Waals surface area contributed by atoms with E-state index in [0.717, 1.165) is 48.9 Å². The highest BCUT2D eigenvalue weighted by Crippen LogP contribution is 2.40. The van der Waals surface area contributed by atoms with Crippen LogP contribution < -0.4 is 18.9 Å². The molecule has 6 heteroatoms. The molecule has 0 fully saturated rings. The zero-order chi connectivity index (χ0) is 17.0. The first-order valence-electron chi connectivity index (χ1n) is 8.55. The van der Waals surface area contributed by atoms with Crippen LogP contribution in [0.1, 0.15) is 22.3 Å². The number of nitrogens with zero attached hydrogens (tertiary/aromatic N) is 1. The normalized spacial score (nSPS) is 16.2. The largest absolute Gasteiger partial charge is 0.870 e. The third-order valence-electron chi connectivity index (χ3n) is 5.39. The fraction of sp³-hybridized carbons (Fsp3) is 0.350. The number of rotatable bonds is 2. The van der Waals surface area contributed by atoms with Crippen LogP contribution in [-0.4, -0.2) is 43.3 Å². The number of hydrogen-bond donors (Lipinski definition) is 0. The van der Waals surface area contributed by atoms with E-state index >= 15 is 0 Å². The Morgan fingerprint density at radius 2 is 1.81 bits per heavy atom. The summed E-state index contributed by atoms with van der Waals surface area (Å²) in [5, 5.41) is 0. The first-order valence-corrected chi connectivity index (χ1v) is 8.55. The lowest BCUT2D eigenvalue weighted by Crippen LogP contribution is -2.35. The highest BCUT2D eigenvalue weighted by atomic mass is 16.7. The molecular formula is C20H21NO5. The quantitative estimate of drug-likeness (QED) is 0.774. The van der Waals surface area contributed by atoms with Crippen molar-refractivity contribution in [3.05, 3.63) is 46.5 Å². The summed E-state index contributed by atoms with van der Waals surface area (Å²) in [4.78, 5) is 0. The van der Waals surface area contributed by atoms with Crippen LogP contribution in [0.15, 0.2) is 24.3 Å². The Balaban J connectivity index is 0.00000168. The van der Waals surface area contributed by atoms with Crippen molar-refractivity contribution in [1.29, 1.82) is 0 Å². The molecule has 0 aromatic heterocycles. The van der Waals surface area contributed by atoms with Gasteiger partial charge in [-0.3, -0.25) is 0 Å². The fourth-order valence-electron chi connectivity index (χ4n) is 4.14. The first-order chi connectivity index (χ1) is 12.3. The highest BCUT2D eigenvalue weighted by Gasteiger charge is 2.34. The molecule has 1 N–H and O–H groups in total. The van der Waals surface area contributed by atoms with Gasteiger partial charge >= 0.3 is 0 Å². The minimum absolute atomic E-state index is 0. The van der Waals surface area contributed by atoms with Gasteiger partial charge in [0.15, 0.2) is 35.3 Å². The number of fused-ring (bicyclic) bond motifs is 4. The maximum Gasteiger partial charge on any atom is 0.231 e. The van der Waals surface area contributed by atoms with Crippen molar-refractivity contribution in [2.75, 3.05) is 27.6 Å². The summed E-state index contributed by atoms with van der Waals surface area (Å²) in [6.45, 7) is 2.16. The predicted octanol–water partition coefficient (Wildman–Crippen LogP) is 2.37. The SMILES string of the molecule is COc1ccc2c(c1OC)C[N+]1=C(C2)c2cc3c(cc2CC1)OCO3.[OH-]. The van der Waals surface area contributed by atoms with E-state index in [-0.39, 0.29) is 5.48 Å². The summed E-state index contributed by atoms with van der Waals surface area (Å²) in [5.74, 6) is 3.38. The maximum absolute atomic E-state index is 5.65. The molecule has 3 aliphatic rings. The Bertz CT molecular complexity index is 919. The number of methoxy groups -OCH3 is 2. The van der Waals surface area contributed by atoms with E-state index < -0.39 is 0 Å². The van der Waals surface area contributed by atoms with Crippen molar-refractivity contribution in [3.8, 4) is 23.0 Å². The van der Waals surface area contributed by atoms with Crippen LogP contribution in [0.3, 0.4) is 0 Å². The van der Waals surface area contributed by atoms with Crippen LogP contribution in [-0.2, 0) is 19.4 Å². The van der Waals surface area contributed by atoms with Gasteiger partial charge in [-0.15, -0.1) is 0 Å². The average Bonchev–Trinajstić information content (AvgIpc) is 3.11. The molecular weight excluding hydrogens is 334 g/mol. The molecule has 0 saturated heterocycles. The number of benzene rings is 2. The Morgan fingerprint density at radius 1 is 1.00 bits per heavy atom. The molecule has 26 heavy (non-hydrogen) atoms. The standard InChI is InChI=1S/C20H20NO4.H2O/c1-22-17-4-3-12-7-16-14-9-19-18(24-11-25-19)8-13(14)5-6-21(16)10-15(12)20(17)23-2;/h3-4,8-9H,5-7,10-11H2,1-2H3;1H2/q+1;/p-1. The smallest absolute Gasteiger partial charge is 0.231 e. The van der Waals surface area contributed by atoms with Crippen LogP contribution in [0.2, 0.25) is 0 Å². The van der Waals surface area contributed by atoms with Gasteiger partial charge in [0.1, 0.15) is 6.54 Å². The molecule has 0 spiro atoms. The van der Waals surface area contributed by atoms with E-state index in [1.807, 2.05) is 6.07 Å². The lowest BCUT2D eigenvalue weighted by Gasteiger charge is -2.25. The van der Waals surface area contributed by atoms with Gasteiger partial charge in [-0.25, -0.2) is 4.58 Å². The summed E-state index contributed by atoms with van der Waals surface area (Å²) < 4.78 is 24.7. The van der Waals surface area contributed by atoms with Crippen molar-refractivity contribution >= 4 is 5.71 Å². The lowest BCUT2D eigenvalue weighted by molar-refractivity contribution is -0.547. The van der Waals surface area contributed by atoms with Crippen LogP contribution in [0.5, 0.6) is 23.0 Å². The summed E-state index contributed by atoms with van der Waals surface area (Å²) in [6.07, 6.45) is 1.90. The molecule has 0 aliphatic carbocycles. The molecule has 136 valence electrons. The molecule has 0 amide bonds. The van der Waals surface area contributed by atoms with Gasteiger partial charge in [0.05, 0.1) is 26.2 Å². The predicted molar refractivity (Wildman–Crippen MR) is 94.4 cm³/mol. The molecule has 0 bridgehead atoms. The van der Waals surface area contributed by atoms with Gasteiger partial charge < -0.3 is 24.4 Å². The maximum atomic E-state index is 5.65. The third kappa shape index (κ3) is 2.33. The highest BCUT2D eigenvalue weighted by molar-refractivity contribution is 6.01. The van der Waals surface area contributed by atoms with Crippen LogP contribution in [0.4, 0.5) is 0 Å². The van der Waals surface area contributed by atoms with E-state index in [4.69, 9.17) is 18.9 Å². The van der Waals surface area contributed by atoms with E-state index in [2.05, 4.69) is 22.8 Å². The zero-order valence-corrected chi connectivity index (χ0v) is 14.9. The Morgan fingerprint density at radius 3 is 2.58 bits per heavy atom. The Kier molecular flexibility index (Phi) is 4.00. The molecule has 3 heterocycles. The van der Waals surface area contributed by atoms with E-state index in [1.54, 1.807) is 14.2 Å². The molecule has 2 aromatic carbocycles. The van der Waals surface area contributed by atoms with Crippen molar-refractivity contribution in [3.63, 3.8) is 0 Å². The summed E-state index contributed by atoms with van der Waals surface area (Å²) in [5.41, 5.74) is 6.53. The van der Waals surface area contributed by atoms with Crippen LogP contribution in [0.25, 0.3) is 0 Å². The molecule has 3 aliphatic heterocycles. The topological polar surface area (TPSA) is 69.9 Å². The van der Waals surface area contributed by atoms with Gasteiger partial charge in [0, 0.05) is 12.0 Å². The number of hydrogen-bond acceptors (Lipinski definition) is 5. The molecule has 0 radical (unpaired) electrons. The van der Waals surface area contributed by atoms with E-state index in [0.29, 0.717) is 6.79 Å². The average molecular weight is 355 g/mol. The monoisotopic (exact) mass is 355 g/mol. The summed E-state index contributed by atoms with van der Waals surface area (Å²) in [7, 11) is 3.40. The first kappa shape index (κ1) is 16.7.